The summed E-state index contributed by atoms with van der Waals surface area (Å²) < 4.78 is 4.97. The Hall–Kier alpha value is -3.26. The van der Waals surface area contributed by atoms with E-state index in [-0.39, 0.29) is 25.3 Å². The predicted octanol–water partition coefficient (Wildman–Crippen LogP) is 7.21. The second kappa shape index (κ2) is 14.2. The first kappa shape index (κ1) is 32.1. The van der Waals surface area contributed by atoms with E-state index in [1.165, 1.54) is 0 Å². The SMILES string of the molecule is C[C@@H](CO)Nc1cc(-c2ccccc2Cl)nc2c(Br)cnn12.C[C@H](CO)Nc1cc(-c2ccccc2Cl)nc2c(Br)cnn12. The molecule has 0 saturated heterocycles. The zero-order valence-corrected chi connectivity index (χ0v) is 28.3. The third kappa shape index (κ3) is 7.01. The summed E-state index contributed by atoms with van der Waals surface area (Å²) in [5.41, 5.74) is 4.55. The average Bonchev–Trinajstić information content (AvgIpc) is 3.60. The number of nitrogens with zero attached hydrogens (tertiary/aromatic N) is 6. The van der Waals surface area contributed by atoms with Crippen LogP contribution in [-0.2, 0) is 0 Å². The van der Waals surface area contributed by atoms with Gasteiger partial charge in [0.25, 0.3) is 0 Å². The Morgan fingerprint density at radius 3 is 1.45 bits per heavy atom. The van der Waals surface area contributed by atoms with Crippen molar-refractivity contribution in [3.63, 3.8) is 0 Å². The molecule has 10 nitrogen and oxygen atoms in total. The lowest BCUT2D eigenvalue weighted by Crippen LogP contribution is -2.21. The lowest BCUT2D eigenvalue weighted by atomic mass is 10.1. The van der Waals surface area contributed by atoms with Crippen molar-refractivity contribution in [2.75, 3.05) is 23.8 Å². The van der Waals surface area contributed by atoms with Crippen molar-refractivity contribution in [1.29, 1.82) is 0 Å². The third-order valence-corrected chi connectivity index (χ3v) is 8.27. The second-order valence-corrected chi connectivity index (χ2v) is 12.4. The molecule has 2 atom stereocenters. The van der Waals surface area contributed by atoms with Gasteiger partial charge in [-0.1, -0.05) is 59.6 Å². The van der Waals surface area contributed by atoms with E-state index in [9.17, 15) is 10.2 Å². The standard InChI is InChI=1S/2C15H14BrClN4O/c2*1-9(8-22)19-14-6-13(10-4-2-3-5-12(10)17)20-15-11(16)7-18-21(14)15/h2*2-7,9,19,22H,8H2,1H3/t2*9-/m10/s1. The van der Waals surface area contributed by atoms with Crippen molar-refractivity contribution < 1.29 is 10.2 Å². The third-order valence-electron chi connectivity index (χ3n) is 6.49. The molecular weight excluding hydrogens is 735 g/mol. The molecule has 0 aliphatic carbocycles. The van der Waals surface area contributed by atoms with Crippen LogP contribution in [0.4, 0.5) is 11.6 Å². The molecule has 0 spiro atoms. The Morgan fingerprint density at radius 2 is 1.09 bits per heavy atom. The highest BCUT2D eigenvalue weighted by atomic mass is 79.9. The number of halogens is 4. The van der Waals surface area contributed by atoms with Crippen molar-refractivity contribution in [2.45, 2.75) is 25.9 Å². The summed E-state index contributed by atoms with van der Waals surface area (Å²) in [4.78, 5) is 9.25. The van der Waals surface area contributed by atoms with Gasteiger partial charge in [0.1, 0.15) is 11.6 Å². The number of rotatable bonds is 8. The number of hydrogen-bond acceptors (Lipinski definition) is 8. The van der Waals surface area contributed by atoms with Crippen molar-refractivity contribution in [3.8, 4) is 22.5 Å². The maximum Gasteiger partial charge on any atom is 0.172 e. The second-order valence-electron chi connectivity index (χ2n) is 9.92. The lowest BCUT2D eigenvalue weighted by Gasteiger charge is -2.15. The van der Waals surface area contributed by atoms with Crippen molar-refractivity contribution in [3.05, 3.63) is 92.0 Å². The molecule has 228 valence electrons. The minimum absolute atomic E-state index is 0.0215. The number of aliphatic hydroxyl groups excluding tert-OH is 2. The quantitative estimate of drug-likeness (QED) is 0.128. The first-order chi connectivity index (χ1) is 21.2. The molecule has 0 saturated carbocycles. The number of aromatic nitrogens is 6. The van der Waals surface area contributed by atoms with Crippen LogP contribution in [0.25, 0.3) is 33.8 Å². The van der Waals surface area contributed by atoms with E-state index in [1.54, 1.807) is 21.4 Å². The molecule has 0 aliphatic heterocycles. The molecule has 0 unspecified atom stereocenters. The van der Waals surface area contributed by atoms with Crippen LogP contribution < -0.4 is 10.6 Å². The normalized spacial score (nSPS) is 12.5. The molecule has 44 heavy (non-hydrogen) atoms. The van der Waals surface area contributed by atoms with E-state index in [1.807, 2.05) is 74.5 Å². The smallest absolute Gasteiger partial charge is 0.172 e. The summed E-state index contributed by atoms with van der Waals surface area (Å²) in [5.74, 6) is 1.49. The topological polar surface area (TPSA) is 125 Å². The minimum Gasteiger partial charge on any atom is -0.394 e. The van der Waals surface area contributed by atoms with Gasteiger partial charge in [-0.25, -0.2) is 9.97 Å². The monoisotopic (exact) mass is 760 g/mol. The Balaban J connectivity index is 0.000000175. The van der Waals surface area contributed by atoms with Crippen molar-refractivity contribution >= 4 is 78.0 Å². The van der Waals surface area contributed by atoms with Gasteiger partial charge in [0, 0.05) is 45.4 Å². The number of hydrogen-bond donors (Lipinski definition) is 4. The van der Waals surface area contributed by atoms with Crippen LogP contribution in [0.5, 0.6) is 0 Å². The van der Waals surface area contributed by atoms with Gasteiger partial charge < -0.3 is 20.8 Å². The number of aliphatic hydroxyl groups is 2. The van der Waals surface area contributed by atoms with E-state index in [0.717, 1.165) is 43.1 Å². The molecule has 14 heteroatoms. The first-order valence-electron chi connectivity index (χ1n) is 13.5. The Bertz CT molecular complexity index is 1780. The molecule has 0 amide bonds. The Kier molecular flexibility index (Phi) is 10.4. The van der Waals surface area contributed by atoms with Gasteiger partial charge >= 0.3 is 0 Å². The van der Waals surface area contributed by atoms with Gasteiger partial charge in [-0.05, 0) is 57.8 Å². The number of fused-ring (bicyclic) bond motifs is 2. The molecule has 0 radical (unpaired) electrons. The van der Waals surface area contributed by atoms with Gasteiger partial charge in [0.15, 0.2) is 11.3 Å². The molecule has 6 aromatic rings. The fraction of sp³-hybridized carbons (Fsp3) is 0.200. The van der Waals surface area contributed by atoms with Gasteiger partial charge in [-0.2, -0.15) is 19.2 Å². The summed E-state index contributed by atoms with van der Waals surface area (Å²) in [7, 11) is 0. The maximum absolute atomic E-state index is 9.27. The number of anilines is 2. The lowest BCUT2D eigenvalue weighted by molar-refractivity contribution is 0.281. The van der Waals surface area contributed by atoms with E-state index in [2.05, 4.69) is 62.7 Å². The number of benzene rings is 2. The molecule has 4 aromatic heterocycles. The zero-order valence-electron chi connectivity index (χ0n) is 23.6. The molecule has 0 bridgehead atoms. The van der Waals surface area contributed by atoms with E-state index in [0.29, 0.717) is 21.3 Å². The van der Waals surface area contributed by atoms with Crippen molar-refractivity contribution in [2.24, 2.45) is 0 Å². The number of nitrogens with one attached hydrogen (secondary N) is 2. The van der Waals surface area contributed by atoms with Gasteiger partial charge in [0.2, 0.25) is 0 Å². The van der Waals surface area contributed by atoms with E-state index >= 15 is 0 Å². The largest absolute Gasteiger partial charge is 0.394 e. The van der Waals surface area contributed by atoms with Gasteiger partial charge in [0.05, 0.1) is 45.9 Å². The fourth-order valence-corrected chi connectivity index (χ4v) is 5.45. The maximum atomic E-state index is 9.27. The van der Waals surface area contributed by atoms with Crippen LogP contribution in [0.3, 0.4) is 0 Å². The zero-order chi connectivity index (χ0) is 31.4. The predicted molar refractivity (Wildman–Crippen MR) is 183 cm³/mol. The highest BCUT2D eigenvalue weighted by Gasteiger charge is 2.16. The van der Waals surface area contributed by atoms with Crippen molar-refractivity contribution in [1.82, 2.24) is 29.2 Å². The molecule has 0 aliphatic rings. The highest BCUT2D eigenvalue weighted by molar-refractivity contribution is 9.11. The summed E-state index contributed by atoms with van der Waals surface area (Å²) in [6.07, 6.45) is 3.38. The molecule has 2 aromatic carbocycles. The minimum atomic E-state index is -0.104. The van der Waals surface area contributed by atoms with E-state index < -0.39 is 0 Å². The Labute approximate surface area is 280 Å². The molecular formula is C30H28Br2Cl2N8O2. The van der Waals surface area contributed by atoms with Crippen LogP contribution >= 0.6 is 55.1 Å². The van der Waals surface area contributed by atoms with Crippen LogP contribution in [0.2, 0.25) is 10.0 Å². The molecule has 4 heterocycles. The summed E-state index contributed by atoms with van der Waals surface area (Å²) in [6, 6.07) is 18.6. The molecule has 4 N–H and O–H groups in total. The van der Waals surface area contributed by atoms with Crippen LogP contribution in [-0.4, -0.2) is 64.7 Å². The van der Waals surface area contributed by atoms with Gasteiger partial charge in [-0.3, -0.25) is 0 Å². The first-order valence-corrected chi connectivity index (χ1v) is 15.9. The molecule has 0 fully saturated rings. The molecule has 6 rings (SSSR count). The van der Waals surface area contributed by atoms with Crippen LogP contribution in [0, 0.1) is 0 Å². The van der Waals surface area contributed by atoms with Crippen LogP contribution in [0.15, 0.2) is 82.0 Å². The highest BCUT2D eigenvalue weighted by Crippen LogP contribution is 2.32. The summed E-state index contributed by atoms with van der Waals surface area (Å²) >= 11 is 19.5. The summed E-state index contributed by atoms with van der Waals surface area (Å²) in [6.45, 7) is 3.82. The van der Waals surface area contributed by atoms with Crippen LogP contribution in [0.1, 0.15) is 13.8 Å². The Morgan fingerprint density at radius 1 is 0.705 bits per heavy atom. The summed E-state index contributed by atoms with van der Waals surface area (Å²) in [5, 5.41) is 34.8. The van der Waals surface area contributed by atoms with Gasteiger partial charge in [-0.15, -0.1) is 0 Å². The van der Waals surface area contributed by atoms with E-state index in [4.69, 9.17) is 23.2 Å². The fourth-order valence-electron chi connectivity index (χ4n) is 4.29. The average molecular weight is 763 g/mol.